The van der Waals surface area contributed by atoms with Crippen LogP contribution in [0.4, 0.5) is 0 Å². The van der Waals surface area contributed by atoms with Crippen molar-refractivity contribution in [2.24, 2.45) is 11.8 Å². The average molecular weight is 195 g/mol. The van der Waals surface area contributed by atoms with E-state index in [2.05, 4.69) is 4.90 Å². The van der Waals surface area contributed by atoms with E-state index in [0.717, 1.165) is 43.8 Å². The molecule has 2 nitrogen and oxygen atoms in total. The maximum Gasteiger partial charge on any atom is 0.0564 e. The van der Waals surface area contributed by atoms with Crippen LogP contribution in [0.5, 0.6) is 0 Å². The number of aliphatic hydroxyl groups excluding tert-OH is 1. The van der Waals surface area contributed by atoms with E-state index in [0.29, 0.717) is 0 Å². The van der Waals surface area contributed by atoms with Crippen LogP contribution in [0, 0.1) is 11.8 Å². The van der Waals surface area contributed by atoms with Crippen LogP contribution < -0.4 is 0 Å². The zero-order chi connectivity index (χ0) is 9.54. The Morgan fingerprint density at radius 1 is 0.929 bits per heavy atom. The van der Waals surface area contributed by atoms with Gasteiger partial charge < -0.3 is 5.11 Å². The SMILES string of the molecule is OC1CCN(C2CC3CCC2C3)CC1. The fourth-order valence-electron chi connectivity index (χ4n) is 3.88. The molecule has 2 aliphatic carbocycles. The van der Waals surface area contributed by atoms with Gasteiger partial charge in [-0.05, 0) is 43.9 Å². The fraction of sp³-hybridized carbons (Fsp3) is 1.00. The van der Waals surface area contributed by atoms with Crippen molar-refractivity contribution in [3.05, 3.63) is 0 Å². The molecule has 0 spiro atoms. The third kappa shape index (κ3) is 1.49. The molecule has 80 valence electrons. The zero-order valence-electron chi connectivity index (χ0n) is 8.86. The minimum absolute atomic E-state index is 0.00941. The third-order valence-electron chi connectivity index (χ3n) is 4.67. The standard InChI is InChI=1S/C12H21NO/c14-11-3-5-13(6-4-11)12-8-9-1-2-10(12)7-9/h9-12,14H,1-8H2. The highest BCUT2D eigenvalue weighted by molar-refractivity contribution is 4.96. The van der Waals surface area contributed by atoms with Gasteiger partial charge in [-0.2, -0.15) is 0 Å². The van der Waals surface area contributed by atoms with Gasteiger partial charge in [0.2, 0.25) is 0 Å². The normalized spacial score (nSPS) is 44.8. The van der Waals surface area contributed by atoms with Crippen LogP contribution in [-0.2, 0) is 0 Å². The van der Waals surface area contributed by atoms with Crippen molar-refractivity contribution in [2.75, 3.05) is 13.1 Å². The molecule has 3 rings (SSSR count). The Morgan fingerprint density at radius 3 is 2.29 bits per heavy atom. The third-order valence-corrected chi connectivity index (χ3v) is 4.67. The Bertz CT molecular complexity index is 210. The minimum Gasteiger partial charge on any atom is -0.393 e. The number of hydrogen-bond donors (Lipinski definition) is 1. The topological polar surface area (TPSA) is 23.5 Å². The molecular weight excluding hydrogens is 174 g/mol. The molecule has 0 aromatic carbocycles. The summed E-state index contributed by atoms with van der Waals surface area (Å²) in [5.74, 6) is 2.06. The van der Waals surface area contributed by atoms with Crippen LogP contribution >= 0.6 is 0 Å². The van der Waals surface area contributed by atoms with Crippen LogP contribution in [0.1, 0.15) is 38.5 Å². The number of fused-ring (bicyclic) bond motifs is 2. The van der Waals surface area contributed by atoms with Crippen molar-refractivity contribution in [3.8, 4) is 0 Å². The van der Waals surface area contributed by atoms with E-state index in [1.807, 2.05) is 0 Å². The molecule has 2 bridgehead atoms. The number of rotatable bonds is 1. The molecule has 14 heavy (non-hydrogen) atoms. The molecule has 1 N–H and O–H groups in total. The average Bonchev–Trinajstić information content (AvgIpc) is 2.80. The van der Waals surface area contributed by atoms with Gasteiger partial charge in [0, 0.05) is 19.1 Å². The highest BCUT2D eigenvalue weighted by Gasteiger charge is 2.42. The summed E-state index contributed by atoms with van der Waals surface area (Å²) < 4.78 is 0. The number of hydrogen-bond acceptors (Lipinski definition) is 2. The maximum absolute atomic E-state index is 9.47. The van der Waals surface area contributed by atoms with E-state index in [9.17, 15) is 5.11 Å². The molecule has 1 heterocycles. The molecular formula is C12H21NO. The Kier molecular flexibility index (Phi) is 2.29. The highest BCUT2D eigenvalue weighted by Crippen LogP contribution is 2.46. The first-order valence-corrected chi connectivity index (χ1v) is 6.25. The first-order valence-electron chi connectivity index (χ1n) is 6.25. The van der Waals surface area contributed by atoms with Crippen LogP contribution in [0.2, 0.25) is 0 Å². The molecule has 3 unspecified atom stereocenters. The van der Waals surface area contributed by atoms with Gasteiger partial charge in [0.15, 0.2) is 0 Å². The maximum atomic E-state index is 9.47. The number of nitrogens with zero attached hydrogens (tertiary/aromatic N) is 1. The second-order valence-corrected chi connectivity index (χ2v) is 5.51. The summed E-state index contributed by atoms with van der Waals surface area (Å²) in [7, 11) is 0. The molecule has 1 saturated heterocycles. The second kappa shape index (κ2) is 3.49. The molecule has 2 saturated carbocycles. The molecule has 3 aliphatic rings. The van der Waals surface area contributed by atoms with Crippen LogP contribution in [-0.4, -0.2) is 35.2 Å². The molecule has 0 radical (unpaired) electrons. The predicted octanol–water partition coefficient (Wildman–Crippen LogP) is 1.63. The number of likely N-dealkylation sites (tertiary alicyclic amines) is 1. The Hall–Kier alpha value is -0.0800. The van der Waals surface area contributed by atoms with Gasteiger partial charge in [0.25, 0.3) is 0 Å². The summed E-state index contributed by atoms with van der Waals surface area (Å²) in [6.07, 6.45) is 7.95. The van der Waals surface area contributed by atoms with E-state index in [-0.39, 0.29) is 6.10 Å². The van der Waals surface area contributed by atoms with Gasteiger partial charge in [0.1, 0.15) is 0 Å². The summed E-state index contributed by atoms with van der Waals surface area (Å²) >= 11 is 0. The Labute approximate surface area is 86.3 Å². The van der Waals surface area contributed by atoms with E-state index in [1.165, 1.54) is 25.7 Å². The van der Waals surface area contributed by atoms with E-state index in [1.54, 1.807) is 0 Å². The monoisotopic (exact) mass is 195 g/mol. The number of aliphatic hydroxyl groups is 1. The van der Waals surface area contributed by atoms with Crippen molar-refractivity contribution in [1.29, 1.82) is 0 Å². The van der Waals surface area contributed by atoms with Crippen LogP contribution in [0.25, 0.3) is 0 Å². The lowest BCUT2D eigenvalue weighted by Crippen LogP contribution is -2.45. The van der Waals surface area contributed by atoms with Gasteiger partial charge in [-0.3, -0.25) is 4.90 Å². The molecule has 0 aromatic heterocycles. The zero-order valence-corrected chi connectivity index (χ0v) is 8.86. The fourth-order valence-corrected chi connectivity index (χ4v) is 3.88. The summed E-state index contributed by atoms with van der Waals surface area (Å²) in [6, 6.07) is 0.890. The van der Waals surface area contributed by atoms with Crippen molar-refractivity contribution in [2.45, 2.75) is 50.7 Å². The van der Waals surface area contributed by atoms with Crippen LogP contribution in [0.15, 0.2) is 0 Å². The van der Waals surface area contributed by atoms with Crippen molar-refractivity contribution >= 4 is 0 Å². The van der Waals surface area contributed by atoms with Gasteiger partial charge >= 0.3 is 0 Å². The minimum atomic E-state index is -0.00941. The highest BCUT2D eigenvalue weighted by atomic mass is 16.3. The number of piperidine rings is 1. The second-order valence-electron chi connectivity index (χ2n) is 5.51. The molecule has 0 aromatic rings. The predicted molar refractivity (Wildman–Crippen MR) is 56.0 cm³/mol. The first-order chi connectivity index (χ1) is 6.83. The Morgan fingerprint density at radius 2 is 1.71 bits per heavy atom. The molecule has 2 heteroatoms. The van der Waals surface area contributed by atoms with E-state index in [4.69, 9.17) is 0 Å². The van der Waals surface area contributed by atoms with Crippen LogP contribution in [0.3, 0.4) is 0 Å². The Balaban J connectivity index is 1.61. The molecule has 0 amide bonds. The smallest absolute Gasteiger partial charge is 0.0564 e. The van der Waals surface area contributed by atoms with Gasteiger partial charge in [-0.25, -0.2) is 0 Å². The molecule has 3 fully saturated rings. The first kappa shape index (κ1) is 9.17. The van der Waals surface area contributed by atoms with Gasteiger partial charge in [-0.15, -0.1) is 0 Å². The lowest BCUT2D eigenvalue weighted by molar-refractivity contribution is 0.0452. The van der Waals surface area contributed by atoms with Crippen molar-refractivity contribution < 1.29 is 5.11 Å². The quantitative estimate of drug-likeness (QED) is 0.687. The summed E-state index contributed by atoms with van der Waals surface area (Å²) in [5, 5.41) is 9.47. The summed E-state index contributed by atoms with van der Waals surface area (Å²) in [5.41, 5.74) is 0. The molecule has 1 aliphatic heterocycles. The lowest BCUT2D eigenvalue weighted by atomic mass is 9.92. The van der Waals surface area contributed by atoms with E-state index >= 15 is 0 Å². The van der Waals surface area contributed by atoms with Crippen molar-refractivity contribution in [1.82, 2.24) is 4.90 Å². The summed E-state index contributed by atoms with van der Waals surface area (Å²) in [4.78, 5) is 2.66. The molecule has 3 atom stereocenters. The van der Waals surface area contributed by atoms with Gasteiger partial charge in [-0.1, -0.05) is 6.42 Å². The lowest BCUT2D eigenvalue weighted by Gasteiger charge is -2.38. The van der Waals surface area contributed by atoms with Crippen molar-refractivity contribution in [3.63, 3.8) is 0 Å². The van der Waals surface area contributed by atoms with Gasteiger partial charge in [0.05, 0.1) is 6.10 Å². The largest absolute Gasteiger partial charge is 0.393 e. The van der Waals surface area contributed by atoms with E-state index < -0.39 is 0 Å². The summed E-state index contributed by atoms with van der Waals surface area (Å²) in [6.45, 7) is 2.30.